The monoisotopic (exact) mass is 241 g/mol. The average Bonchev–Trinajstić information content (AvgIpc) is 2.75. The van der Waals surface area contributed by atoms with E-state index in [1.165, 1.54) is 21.8 Å². The third-order valence-corrected chi connectivity index (χ3v) is 2.51. The highest BCUT2D eigenvalue weighted by molar-refractivity contribution is 5.75. The number of aromatic nitrogens is 2. The van der Waals surface area contributed by atoms with Gasteiger partial charge in [-0.3, -0.25) is 4.79 Å². The van der Waals surface area contributed by atoms with Crippen LogP contribution in [0.15, 0.2) is 12.3 Å². The third-order valence-electron chi connectivity index (χ3n) is 2.51. The Bertz CT molecular complexity index is 417. The maximum absolute atomic E-state index is 11.7. The first-order valence-corrected chi connectivity index (χ1v) is 5.09. The van der Waals surface area contributed by atoms with Gasteiger partial charge in [0.15, 0.2) is 0 Å². The van der Waals surface area contributed by atoms with Crippen LogP contribution in [0.3, 0.4) is 0 Å². The predicted octanol–water partition coefficient (Wildman–Crippen LogP) is -0.403. The maximum atomic E-state index is 11.7. The molecule has 0 aliphatic carbocycles. The van der Waals surface area contributed by atoms with Crippen molar-refractivity contribution in [3.63, 3.8) is 0 Å². The van der Waals surface area contributed by atoms with Gasteiger partial charge in [0.1, 0.15) is 6.54 Å². The highest BCUT2D eigenvalue weighted by atomic mass is 16.6. The number of nitrogens with zero attached hydrogens (tertiary/aromatic N) is 4. The minimum atomic E-state index is -0.604. The first-order valence-electron chi connectivity index (χ1n) is 5.09. The summed E-state index contributed by atoms with van der Waals surface area (Å²) in [4.78, 5) is 23.0. The van der Waals surface area contributed by atoms with E-state index >= 15 is 0 Å². The van der Waals surface area contributed by atoms with Crippen molar-refractivity contribution in [1.82, 2.24) is 14.7 Å². The fourth-order valence-corrected chi connectivity index (χ4v) is 1.19. The molecule has 0 saturated carbocycles. The Hall–Kier alpha value is -1.96. The number of hydrogen-bond donors (Lipinski definition) is 1. The van der Waals surface area contributed by atoms with Crippen LogP contribution in [0.25, 0.3) is 0 Å². The lowest BCUT2D eigenvalue weighted by molar-refractivity contribution is -0.389. The summed E-state index contributed by atoms with van der Waals surface area (Å²) in [5.74, 6) is -0.465. The van der Waals surface area contributed by atoms with Gasteiger partial charge in [-0.25, -0.2) is 0 Å². The van der Waals surface area contributed by atoms with Crippen molar-refractivity contribution in [3.05, 3.63) is 22.4 Å². The molecule has 8 heteroatoms. The van der Waals surface area contributed by atoms with Gasteiger partial charge in [0.2, 0.25) is 5.91 Å². The van der Waals surface area contributed by atoms with Gasteiger partial charge in [0.05, 0.1) is 17.4 Å². The molecule has 1 aromatic rings. The van der Waals surface area contributed by atoms with Crippen LogP contribution in [0, 0.1) is 10.1 Å². The number of likely N-dealkylation sites (N-methyl/N-ethyl adjacent to an activating group) is 1. The van der Waals surface area contributed by atoms with Crippen molar-refractivity contribution in [1.29, 1.82) is 0 Å². The van der Waals surface area contributed by atoms with Crippen molar-refractivity contribution in [2.45, 2.75) is 19.5 Å². The van der Waals surface area contributed by atoms with Crippen LogP contribution < -0.4 is 5.73 Å². The number of hydrogen-bond acceptors (Lipinski definition) is 5. The van der Waals surface area contributed by atoms with E-state index in [2.05, 4.69) is 5.10 Å². The predicted molar refractivity (Wildman–Crippen MR) is 60.2 cm³/mol. The zero-order valence-corrected chi connectivity index (χ0v) is 9.74. The summed E-state index contributed by atoms with van der Waals surface area (Å²) >= 11 is 0. The summed E-state index contributed by atoms with van der Waals surface area (Å²) in [6, 6.07) is 1.17. The molecule has 0 saturated heterocycles. The zero-order valence-electron chi connectivity index (χ0n) is 9.74. The molecule has 0 aromatic carbocycles. The number of nitro groups is 1. The van der Waals surface area contributed by atoms with E-state index in [1.807, 2.05) is 6.92 Å². The molecular weight excluding hydrogens is 226 g/mol. The van der Waals surface area contributed by atoms with Crippen molar-refractivity contribution in [3.8, 4) is 0 Å². The zero-order chi connectivity index (χ0) is 13.0. The van der Waals surface area contributed by atoms with E-state index in [0.717, 1.165) is 0 Å². The maximum Gasteiger partial charge on any atom is 0.389 e. The Balaban J connectivity index is 2.64. The second-order valence-corrected chi connectivity index (χ2v) is 3.72. The van der Waals surface area contributed by atoms with Crippen molar-refractivity contribution in [2.24, 2.45) is 5.73 Å². The van der Waals surface area contributed by atoms with E-state index in [-0.39, 0.29) is 24.3 Å². The SMILES string of the molecule is CC(CN)N(C)C(=O)Cn1ccc([N+](=O)[O-])n1. The quantitative estimate of drug-likeness (QED) is 0.557. The largest absolute Gasteiger partial charge is 0.389 e. The molecule has 0 fully saturated rings. The summed E-state index contributed by atoms with van der Waals surface area (Å²) < 4.78 is 1.24. The van der Waals surface area contributed by atoms with Gasteiger partial charge in [-0.1, -0.05) is 0 Å². The van der Waals surface area contributed by atoms with Crippen LogP contribution in [0.5, 0.6) is 0 Å². The fourth-order valence-electron chi connectivity index (χ4n) is 1.19. The van der Waals surface area contributed by atoms with Crippen LogP contribution in [0.2, 0.25) is 0 Å². The molecule has 0 bridgehead atoms. The van der Waals surface area contributed by atoms with E-state index in [9.17, 15) is 14.9 Å². The van der Waals surface area contributed by atoms with Crippen LogP contribution in [0.4, 0.5) is 5.82 Å². The topological polar surface area (TPSA) is 107 Å². The van der Waals surface area contributed by atoms with Gasteiger partial charge in [-0.15, -0.1) is 0 Å². The number of carbonyl (C=O) groups excluding carboxylic acids is 1. The normalized spacial score (nSPS) is 12.2. The van der Waals surface area contributed by atoms with Gasteiger partial charge in [0.25, 0.3) is 0 Å². The molecule has 0 spiro atoms. The van der Waals surface area contributed by atoms with Crippen LogP contribution in [-0.4, -0.2) is 45.1 Å². The Labute approximate surface area is 98.1 Å². The standard InChI is InChI=1S/C9H15N5O3/c1-7(5-10)12(2)9(15)6-13-4-3-8(11-13)14(16)17/h3-4,7H,5-6,10H2,1-2H3. The van der Waals surface area contributed by atoms with E-state index in [4.69, 9.17) is 5.73 Å². The van der Waals surface area contributed by atoms with Crippen LogP contribution in [0.1, 0.15) is 6.92 Å². The molecule has 1 unspecified atom stereocenters. The van der Waals surface area contributed by atoms with Crippen LogP contribution >= 0.6 is 0 Å². The first kappa shape index (κ1) is 13.1. The van der Waals surface area contributed by atoms with E-state index in [0.29, 0.717) is 6.54 Å². The summed E-state index contributed by atoms with van der Waals surface area (Å²) in [6.45, 7) is 2.15. The first-order chi connectivity index (χ1) is 7.95. The van der Waals surface area contributed by atoms with E-state index in [1.54, 1.807) is 7.05 Å². The second kappa shape index (κ2) is 5.39. The molecule has 0 aliphatic heterocycles. The smallest absolute Gasteiger partial charge is 0.358 e. The highest BCUT2D eigenvalue weighted by Gasteiger charge is 2.18. The van der Waals surface area contributed by atoms with E-state index < -0.39 is 4.92 Å². The molecule has 1 amide bonds. The third kappa shape index (κ3) is 3.25. The van der Waals surface area contributed by atoms with Gasteiger partial charge in [-0.2, -0.15) is 4.68 Å². The van der Waals surface area contributed by atoms with Gasteiger partial charge < -0.3 is 20.7 Å². The molecule has 17 heavy (non-hydrogen) atoms. The molecule has 0 aliphatic rings. The average molecular weight is 241 g/mol. The molecule has 0 radical (unpaired) electrons. The van der Waals surface area contributed by atoms with Crippen LogP contribution in [-0.2, 0) is 11.3 Å². The summed E-state index contributed by atoms with van der Waals surface area (Å²) in [6.07, 6.45) is 1.40. The summed E-state index contributed by atoms with van der Waals surface area (Å²) in [7, 11) is 1.64. The molecule has 2 N–H and O–H groups in total. The number of amides is 1. The Morgan fingerprint density at radius 1 is 1.76 bits per heavy atom. The molecule has 1 heterocycles. The minimum absolute atomic E-state index is 0.0331. The molecular formula is C9H15N5O3. The lowest BCUT2D eigenvalue weighted by atomic mass is 10.3. The van der Waals surface area contributed by atoms with Gasteiger partial charge >= 0.3 is 5.82 Å². The lowest BCUT2D eigenvalue weighted by Crippen LogP contribution is -2.41. The molecule has 1 aromatic heterocycles. The Morgan fingerprint density at radius 2 is 2.41 bits per heavy atom. The highest BCUT2D eigenvalue weighted by Crippen LogP contribution is 2.05. The number of rotatable bonds is 5. The van der Waals surface area contributed by atoms with Gasteiger partial charge in [0, 0.05) is 19.6 Å². The van der Waals surface area contributed by atoms with Crippen molar-refractivity contribution in [2.75, 3.05) is 13.6 Å². The molecule has 94 valence electrons. The van der Waals surface area contributed by atoms with Gasteiger partial charge in [-0.05, 0) is 11.8 Å². The number of carbonyl (C=O) groups is 1. The molecule has 8 nitrogen and oxygen atoms in total. The number of nitrogens with two attached hydrogens (primary N) is 1. The summed E-state index contributed by atoms with van der Waals surface area (Å²) in [5, 5.41) is 14.1. The summed E-state index contributed by atoms with van der Waals surface area (Å²) in [5.41, 5.74) is 5.44. The molecule has 1 atom stereocenters. The van der Waals surface area contributed by atoms with Crippen molar-refractivity contribution >= 4 is 11.7 Å². The van der Waals surface area contributed by atoms with Crippen molar-refractivity contribution < 1.29 is 9.72 Å². The lowest BCUT2D eigenvalue weighted by Gasteiger charge is -2.22. The molecule has 1 rings (SSSR count). The minimum Gasteiger partial charge on any atom is -0.358 e. The fraction of sp³-hybridized carbons (Fsp3) is 0.556. The Kier molecular flexibility index (Phi) is 4.16. The second-order valence-electron chi connectivity index (χ2n) is 3.72. The Morgan fingerprint density at radius 3 is 2.88 bits per heavy atom.